The fraction of sp³-hybridized carbons (Fsp3) is 0.556. The van der Waals surface area contributed by atoms with E-state index in [1.807, 2.05) is 4.90 Å². The molecule has 0 radical (unpaired) electrons. The minimum absolute atomic E-state index is 0.0905. The summed E-state index contributed by atoms with van der Waals surface area (Å²) in [6.07, 6.45) is -1.32. The van der Waals surface area contributed by atoms with Crippen LogP contribution < -0.4 is 10.1 Å². The number of halogens is 3. The highest BCUT2D eigenvalue weighted by atomic mass is 19.4. The standard InChI is InChI=1S/C18H21F3N2O3/c19-18(20,21)14-3-1-2-4-15(14)26-11-16(24)22-13-7-9-23(10-8-13)17(25)12-5-6-12/h1-4,12-13H,5-11H2,(H,22,24). The molecule has 2 fully saturated rings. The molecule has 0 atom stereocenters. The first-order valence-corrected chi connectivity index (χ1v) is 8.72. The Bertz CT molecular complexity index is 666. The predicted molar refractivity (Wildman–Crippen MR) is 87.4 cm³/mol. The topological polar surface area (TPSA) is 58.6 Å². The van der Waals surface area contributed by atoms with Gasteiger partial charge in [-0.3, -0.25) is 9.59 Å². The number of nitrogens with one attached hydrogen (secondary N) is 1. The minimum atomic E-state index is -4.53. The molecule has 1 heterocycles. The van der Waals surface area contributed by atoms with Crippen molar-refractivity contribution >= 4 is 11.8 Å². The molecule has 26 heavy (non-hydrogen) atoms. The number of carbonyl (C=O) groups is 2. The van der Waals surface area contributed by atoms with Crippen LogP contribution in [0.2, 0.25) is 0 Å². The second-order valence-corrected chi connectivity index (χ2v) is 6.72. The van der Waals surface area contributed by atoms with Gasteiger partial charge in [-0.1, -0.05) is 12.1 Å². The largest absolute Gasteiger partial charge is 0.483 e. The number of hydrogen-bond donors (Lipinski definition) is 1. The summed E-state index contributed by atoms with van der Waals surface area (Å²) >= 11 is 0. The van der Waals surface area contributed by atoms with E-state index in [4.69, 9.17) is 4.74 Å². The van der Waals surface area contributed by atoms with E-state index in [-0.39, 0.29) is 23.6 Å². The number of piperidine rings is 1. The maximum Gasteiger partial charge on any atom is 0.419 e. The third kappa shape index (κ3) is 4.68. The number of nitrogens with zero attached hydrogens (tertiary/aromatic N) is 1. The third-order valence-corrected chi connectivity index (χ3v) is 4.65. The number of ether oxygens (including phenoxy) is 1. The lowest BCUT2D eigenvalue weighted by atomic mass is 10.0. The SMILES string of the molecule is O=C(COc1ccccc1C(F)(F)F)NC1CCN(C(=O)C2CC2)CC1. The Morgan fingerprint density at radius 2 is 1.77 bits per heavy atom. The molecule has 1 aromatic carbocycles. The van der Waals surface area contributed by atoms with E-state index in [9.17, 15) is 22.8 Å². The van der Waals surface area contributed by atoms with Gasteiger partial charge in [-0.2, -0.15) is 13.2 Å². The molecule has 1 saturated heterocycles. The number of alkyl halides is 3. The van der Waals surface area contributed by atoms with Crippen LogP contribution >= 0.6 is 0 Å². The van der Waals surface area contributed by atoms with Crippen molar-refractivity contribution < 1.29 is 27.5 Å². The summed E-state index contributed by atoms with van der Waals surface area (Å²) < 4.78 is 43.8. The van der Waals surface area contributed by atoms with E-state index in [1.54, 1.807) is 0 Å². The molecule has 1 aliphatic heterocycles. The van der Waals surface area contributed by atoms with Crippen LogP contribution in [0.25, 0.3) is 0 Å². The number of benzene rings is 1. The average Bonchev–Trinajstić information content (AvgIpc) is 3.44. The molecule has 0 spiro atoms. The van der Waals surface area contributed by atoms with E-state index < -0.39 is 24.3 Å². The Balaban J connectivity index is 1.45. The number of para-hydroxylation sites is 1. The number of carbonyl (C=O) groups excluding carboxylic acids is 2. The molecule has 5 nitrogen and oxygen atoms in total. The quantitative estimate of drug-likeness (QED) is 0.867. The molecule has 1 aliphatic carbocycles. The Morgan fingerprint density at radius 3 is 2.38 bits per heavy atom. The maximum absolute atomic E-state index is 12.9. The first-order chi connectivity index (χ1) is 12.3. The summed E-state index contributed by atoms with van der Waals surface area (Å²) in [5.41, 5.74) is -0.903. The van der Waals surface area contributed by atoms with Crippen molar-refractivity contribution in [2.75, 3.05) is 19.7 Å². The molecule has 2 aliphatic rings. The zero-order valence-electron chi connectivity index (χ0n) is 14.2. The Morgan fingerprint density at radius 1 is 1.12 bits per heavy atom. The lowest BCUT2D eigenvalue weighted by molar-refractivity contribution is -0.140. The fourth-order valence-corrected chi connectivity index (χ4v) is 3.07. The van der Waals surface area contributed by atoms with Gasteiger partial charge in [-0.15, -0.1) is 0 Å². The van der Waals surface area contributed by atoms with Crippen LogP contribution in [0.3, 0.4) is 0 Å². The minimum Gasteiger partial charge on any atom is -0.483 e. The van der Waals surface area contributed by atoms with E-state index >= 15 is 0 Å². The van der Waals surface area contributed by atoms with E-state index in [0.29, 0.717) is 25.9 Å². The summed E-state index contributed by atoms with van der Waals surface area (Å²) in [6.45, 7) is 0.713. The number of rotatable bonds is 5. The molecule has 142 valence electrons. The first-order valence-electron chi connectivity index (χ1n) is 8.72. The number of hydrogen-bond acceptors (Lipinski definition) is 3. The van der Waals surface area contributed by atoms with Crippen LogP contribution in [-0.4, -0.2) is 42.5 Å². The Kier molecular flexibility index (Phi) is 5.38. The van der Waals surface area contributed by atoms with Crippen LogP contribution in [-0.2, 0) is 15.8 Å². The van der Waals surface area contributed by atoms with E-state index in [2.05, 4.69) is 5.32 Å². The molecule has 1 saturated carbocycles. The van der Waals surface area contributed by atoms with Gasteiger partial charge in [0.25, 0.3) is 5.91 Å². The predicted octanol–water partition coefficient (Wildman–Crippen LogP) is 2.60. The monoisotopic (exact) mass is 370 g/mol. The molecule has 0 unspecified atom stereocenters. The van der Waals surface area contributed by atoms with Crippen molar-refractivity contribution in [3.05, 3.63) is 29.8 Å². The second-order valence-electron chi connectivity index (χ2n) is 6.72. The second kappa shape index (κ2) is 7.55. The van der Waals surface area contributed by atoms with Gasteiger partial charge in [0.1, 0.15) is 5.75 Å². The smallest absolute Gasteiger partial charge is 0.419 e. The van der Waals surface area contributed by atoms with Gasteiger partial charge in [-0.05, 0) is 37.8 Å². The fourth-order valence-electron chi connectivity index (χ4n) is 3.07. The van der Waals surface area contributed by atoms with Gasteiger partial charge in [0.2, 0.25) is 5.91 Å². The van der Waals surface area contributed by atoms with Crippen molar-refractivity contribution in [1.29, 1.82) is 0 Å². The Labute approximate surface area is 149 Å². The van der Waals surface area contributed by atoms with Crippen molar-refractivity contribution in [2.24, 2.45) is 5.92 Å². The molecule has 8 heteroatoms. The van der Waals surface area contributed by atoms with Gasteiger partial charge >= 0.3 is 6.18 Å². The van der Waals surface area contributed by atoms with Crippen molar-refractivity contribution in [3.8, 4) is 5.75 Å². The lowest BCUT2D eigenvalue weighted by Gasteiger charge is -2.32. The van der Waals surface area contributed by atoms with Crippen molar-refractivity contribution in [1.82, 2.24) is 10.2 Å². The highest BCUT2D eigenvalue weighted by Gasteiger charge is 2.35. The maximum atomic E-state index is 12.9. The number of amides is 2. The van der Waals surface area contributed by atoms with Crippen LogP contribution in [0.1, 0.15) is 31.2 Å². The van der Waals surface area contributed by atoms with Crippen LogP contribution in [0.5, 0.6) is 5.75 Å². The zero-order valence-corrected chi connectivity index (χ0v) is 14.2. The molecule has 1 aromatic rings. The molecule has 3 rings (SSSR count). The normalized spacial score (nSPS) is 18.5. The summed E-state index contributed by atoms with van der Waals surface area (Å²) in [4.78, 5) is 25.8. The molecule has 2 amide bonds. The first kappa shape index (κ1) is 18.5. The molecule has 0 aromatic heterocycles. The molecular formula is C18H21F3N2O3. The van der Waals surface area contributed by atoms with Gasteiger partial charge in [0, 0.05) is 25.0 Å². The van der Waals surface area contributed by atoms with Gasteiger partial charge < -0.3 is 15.0 Å². The summed E-state index contributed by atoms with van der Waals surface area (Å²) in [5, 5.41) is 2.77. The van der Waals surface area contributed by atoms with E-state index in [1.165, 1.54) is 18.2 Å². The zero-order chi connectivity index (χ0) is 18.7. The Hall–Kier alpha value is -2.25. The highest BCUT2D eigenvalue weighted by Crippen LogP contribution is 2.36. The molecule has 1 N–H and O–H groups in total. The highest BCUT2D eigenvalue weighted by molar-refractivity contribution is 5.81. The van der Waals surface area contributed by atoms with Gasteiger partial charge in [0.15, 0.2) is 6.61 Å². The average molecular weight is 370 g/mol. The van der Waals surface area contributed by atoms with Crippen LogP contribution in [0.15, 0.2) is 24.3 Å². The van der Waals surface area contributed by atoms with Crippen molar-refractivity contribution in [3.63, 3.8) is 0 Å². The van der Waals surface area contributed by atoms with Gasteiger partial charge in [0.05, 0.1) is 5.56 Å². The number of likely N-dealkylation sites (tertiary alicyclic amines) is 1. The van der Waals surface area contributed by atoms with Crippen LogP contribution in [0.4, 0.5) is 13.2 Å². The van der Waals surface area contributed by atoms with Gasteiger partial charge in [-0.25, -0.2) is 0 Å². The summed E-state index contributed by atoms with van der Waals surface area (Å²) in [7, 11) is 0. The third-order valence-electron chi connectivity index (χ3n) is 4.65. The molecular weight excluding hydrogens is 349 g/mol. The lowest BCUT2D eigenvalue weighted by Crippen LogP contribution is -2.47. The summed E-state index contributed by atoms with van der Waals surface area (Å²) in [5.74, 6) is -0.445. The van der Waals surface area contributed by atoms with Crippen LogP contribution in [0, 0.1) is 5.92 Å². The summed E-state index contributed by atoms with van der Waals surface area (Å²) in [6, 6.07) is 4.71. The van der Waals surface area contributed by atoms with Crippen molar-refractivity contribution in [2.45, 2.75) is 37.9 Å². The molecule has 0 bridgehead atoms. The van der Waals surface area contributed by atoms with E-state index in [0.717, 1.165) is 18.9 Å².